The van der Waals surface area contributed by atoms with Gasteiger partial charge in [0.25, 0.3) is 5.91 Å². The molecule has 0 radical (unpaired) electrons. The molecule has 1 atom stereocenters. The van der Waals surface area contributed by atoms with Crippen molar-refractivity contribution in [1.82, 2.24) is 19.8 Å². The van der Waals surface area contributed by atoms with Gasteiger partial charge in [-0.3, -0.25) is 9.59 Å². The lowest BCUT2D eigenvalue weighted by Crippen LogP contribution is -2.46. The Morgan fingerprint density at radius 1 is 1.24 bits per heavy atom. The van der Waals surface area contributed by atoms with Crippen LogP contribution in [0.4, 0.5) is 0 Å². The zero-order valence-corrected chi connectivity index (χ0v) is 20.7. The van der Waals surface area contributed by atoms with Gasteiger partial charge in [-0.2, -0.15) is 4.57 Å². The van der Waals surface area contributed by atoms with Crippen molar-refractivity contribution < 1.29 is 19.3 Å². The average molecular weight is 471 g/mol. The van der Waals surface area contributed by atoms with Crippen molar-refractivity contribution in [3.05, 3.63) is 33.3 Å². The molecule has 2 aromatic heterocycles. The summed E-state index contributed by atoms with van der Waals surface area (Å²) in [5.41, 5.74) is 0.854. The van der Waals surface area contributed by atoms with E-state index in [9.17, 15) is 19.5 Å². The van der Waals surface area contributed by atoms with Gasteiger partial charge in [0.2, 0.25) is 11.5 Å². The maximum atomic E-state index is 13.3. The summed E-state index contributed by atoms with van der Waals surface area (Å²) in [4.78, 5) is 41.0. The number of nitrogens with zero attached hydrogens (tertiary/aromatic N) is 3. The number of H-pyrrole nitrogens is 1. The van der Waals surface area contributed by atoms with Gasteiger partial charge in [-0.1, -0.05) is 32.2 Å². The lowest BCUT2D eigenvalue weighted by molar-refractivity contribution is -0.686. The molecule has 9 heteroatoms. The van der Waals surface area contributed by atoms with Gasteiger partial charge < -0.3 is 15.3 Å². The number of aromatic nitrogens is 3. The number of carbonyl (C=O) groups excluding carboxylic acids is 2. The van der Waals surface area contributed by atoms with Crippen molar-refractivity contribution in [1.29, 1.82) is 0 Å². The molecule has 2 amide bonds. The molecule has 2 aromatic rings. The fourth-order valence-corrected chi connectivity index (χ4v) is 4.86. The smallest absolute Gasteiger partial charge is 0.378 e. The summed E-state index contributed by atoms with van der Waals surface area (Å²) in [6, 6.07) is 0.284. The van der Waals surface area contributed by atoms with Crippen LogP contribution in [0.25, 0.3) is 11.7 Å². The molecule has 2 fully saturated rings. The van der Waals surface area contributed by atoms with Crippen LogP contribution in [0.15, 0.2) is 10.9 Å². The van der Waals surface area contributed by atoms with Crippen LogP contribution in [0.1, 0.15) is 75.0 Å². The predicted molar refractivity (Wildman–Crippen MR) is 129 cm³/mol. The summed E-state index contributed by atoms with van der Waals surface area (Å²) >= 11 is 0. The van der Waals surface area contributed by atoms with Crippen LogP contribution in [0.5, 0.6) is 5.88 Å². The average Bonchev–Trinajstić information content (AvgIpc) is 3.31. The van der Waals surface area contributed by atoms with Crippen LogP contribution in [-0.4, -0.2) is 50.1 Å². The number of hydrogen-bond donors (Lipinski definition) is 3. The number of likely N-dealkylation sites (tertiary alicyclic amines) is 1. The Labute approximate surface area is 199 Å². The third-order valence-electron chi connectivity index (χ3n) is 6.72. The lowest BCUT2D eigenvalue weighted by Gasteiger charge is -2.26. The second-order valence-corrected chi connectivity index (χ2v) is 10.4. The SMILES string of the molecule is Cc1[nH]n2c(=O)c(C(=O)NC3CC3)c(O)[n+](CC(C)C)c2c1/C=C/C(=O)N1CCC[C@H]1C(C)C. The fraction of sp³-hybridized carbons (Fsp3) is 0.600. The predicted octanol–water partition coefficient (Wildman–Crippen LogP) is 2.14. The Morgan fingerprint density at radius 2 is 1.94 bits per heavy atom. The molecule has 3 N–H and O–H groups in total. The van der Waals surface area contributed by atoms with Crippen molar-refractivity contribution in [2.45, 2.75) is 78.9 Å². The summed E-state index contributed by atoms with van der Waals surface area (Å²) < 4.78 is 2.89. The number of hydrogen-bond acceptors (Lipinski definition) is 4. The van der Waals surface area contributed by atoms with Gasteiger partial charge in [-0.25, -0.2) is 9.89 Å². The third-order valence-corrected chi connectivity index (χ3v) is 6.72. The number of carbonyl (C=O) groups is 2. The second-order valence-electron chi connectivity index (χ2n) is 10.4. The van der Waals surface area contributed by atoms with E-state index in [1.165, 1.54) is 4.52 Å². The highest BCUT2D eigenvalue weighted by atomic mass is 16.3. The number of aromatic amines is 1. The molecule has 1 saturated carbocycles. The first kappa shape index (κ1) is 24.0. The molecule has 1 aliphatic heterocycles. The third kappa shape index (κ3) is 4.48. The van der Waals surface area contributed by atoms with Crippen molar-refractivity contribution in [2.24, 2.45) is 11.8 Å². The maximum absolute atomic E-state index is 13.3. The Bertz CT molecular complexity index is 1200. The van der Waals surface area contributed by atoms with E-state index in [1.807, 2.05) is 25.7 Å². The number of fused-ring (bicyclic) bond motifs is 1. The molecule has 34 heavy (non-hydrogen) atoms. The lowest BCUT2D eigenvalue weighted by atomic mass is 10.0. The van der Waals surface area contributed by atoms with Crippen LogP contribution in [0, 0.1) is 18.8 Å². The summed E-state index contributed by atoms with van der Waals surface area (Å²) in [7, 11) is 0. The van der Waals surface area contributed by atoms with E-state index < -0.39 is 11.5 Å². The van der Waals surface area contributed by atoms with E-state index >= 15 is 0 Å². The summed E-state index contributed by atoms with van der Waals surface area (Å²) in [6.07, 6.45) is 7.01. The molecule has 0 spiro atoms. The maximum Gasteiger partial charge on any atom is 0.378 e. The Kier molecular flexibility index (Phi) is 6.55. The Morgan fingerprint density at radius 3 is 2.56 bits per heavy atom. The minimum Gasteiger partial charge on any atom is -0.477 e. The molecule has 0 aromatic carbocycles. The van der Waals surface area contributed by atoms with Gasteiger partial charge in [0, 0.05) is 24.7 Å². The first-order chi connectivity index (χ1) is 16.1. The zero-order chi connectivity index (χ0) is 24.7. The molecule has 3 heterocycles. The van der Waals surface area contributed by atoms with Crippen LogP contribution in [0.2, 0.25) is 0 Å². The van der Waals surface area contributed by atoms with E-state index in [0.29, 0.717) is 29.4 Å². The van der Waals surface area contributed by atoms with Gasteiger partial charge in [-0.05, 0) is 50.5 Å². The van der Waals surface area contributed by atoms with Crippen molar-refractivity contribution >= 4 is 23.5 Å². The Hall–Kier alpha value is -3.10. The standard InChI is InChI=1S/C25H35N5O4/c1-14(2)13-29-23-18(10-11-20(31)28-12-6-7-19(28)15(3)4)16(5)27-30(23)25(34)21(24(29)33)22(32)26-17-8-9-17/h10-11,14-15,17,19H,6-9,12-13H2,1-5H3,(H2,26,32,33,34)/p+1/b11-10+/t19-/m0/s1. The summed E-state index contributed by atoms with van der Waals surface area (Å²) in [5, 5.41) is 16.9. The van der Waals surface area contributed by atoms with E-state index in [1.54, 1.807) is 16.7 Å². The first-order valence-electron chi connectivity index (χ1n) is 12.3. The zero-order valence-electron chi connectivity index (χ0n) is 20.7. The van der Waals surface area contributed by atoms with E-state index in [-0.39, 0.29) is 35.4 Å². The number of aryl methyl sites for hydroxylation is 1. The van der Waals surface area contributed by atoms with Gasteiger partial charge in [0.15, 0.2) is 0 Å². The molecule has 4 rings (SSSR count). The number of nitrogens with one attached hydrogen (secondary N) is 2. The van der Waals surface area contributed by atoms with Crippen molar-refractivity contribution in [3.8, 4) is 5.88 Å². The van der Waals surface area contributed by atoms with Crippen molar-refractivity contribution in [3.63, 3.8) is 0 Å². The Balaban J connectivity index is 1.79. The molecule has 184 valence electrons. The molecule has 0 unspecified atom stereocenters. The molecule has 1 aliphatic carbocycles. The van der Waals surface area contributed by atoms with Gasteiger partial charge >= 0.3 is 17.1 Å². The molecule has 9 nitrogen and oxygen atoms in total. The highest BCUT2D eigenvalue weighted by Gasteiger charge is 2.35. The molecule has 1 saturated heterocycles. The summed E-state index contributed by atoms with van der Waals surface area (Å²) in [6.45, 7) is 11.2. The quantitative estimate of drug-likeness (QED) is 0.425. The number of amides is 2. The molecular weight excluding hydrogens is 434 g/mol. The van der Waals surface area contributed by atoms with Gasteiger partial charge in [0.05, 0.1) is 17.8 Å². The van der Waals surface area contributed by atoms with Crippen LogP contribution in [-0.2, 0) is 11.3 Å². The molecular formula is C25H36N5O4+. The van der Waals surface area contributed by atoms with Crippen molar-refractivity contribution in [2.75, 3.05) is 6.54 Å². The second kappa shape index (κ2) is 9.27. The molecule has 0 bridgehead atoms. The first-order valence-corrected chi connectivity index (χ1v) is 12.3. The largest absolute Gasteiger partial charge is 0.477 e. The highest BCUT2D eigenvalue weighted by molar-refractivity contribution is 5.96. The van der Waals surface area contributed by atoms with Crippen LogP contribution < -0.4 is 15.4 Å². The number of aromatic hydroxyl groups is 1. The van der Waals surface area contributed by atoms with E-state index in [4.69, 9.17) is 0 Å². The number of rotatable bonds is 7. The highest BCUT2D eigenvalue weighted by Crippen LogP contribution is 2.25. The van der Waals surface area contributed by atoms with Gasteiger partial charge in [0.1, 0.15) is 0 Å². The minimum atomic E-state index is -0.612. The molecule has 2 aliphatic rings. The van der Waals surface area contributed by atoms with Crippen LogP contribution in [0.3, 0.4) is 0 Å². The fourth-order valence-electron chi connectivity index (χ4n) is 4.86. The van der Waals surface area contributed by atoms with E-state index in [0.717, 1.165) is 32.2 Å². The normalized spacial score (nSPS) is 18.7. The topological polar surface area (TPSA) is 111 Å². The van der Waals surface area contributed by atoms with E-state index in [2.05, 4.69) is 24.3 Å². The van der Waals surface area contributed by atoms with Gasteiger partial charge in [-0.15, -0.1) is 0 Å². The summed E-state index contributed by atoms with van der Waals surface area (Å²) in [5.74, 6) is -0.445. The monoisotopic (exact) mass is 470 g/mol. The minimum absolute atomic E-state index is 0.0562. The van der Waals surface area contributed by atoms with Crippen LogP contribution >= 0.6 is 0 Å².